The van der Waals surface area contributed by atoms with Crippen LogP contribution >= 0.6 is 0 Å². The fourth-order valence-electron chi connectivity index (χ4n) is 2.99. The van der Waals surface area contributed by atoms with Crippen molar-refractivity contribution in [3.05, 3.63) is 23.8 Å². The molecule has 1 heterocycles. The van der Waals surface area contributed by atoms with Gasteiger partial charge in [-0.15, -0.1) is 0 Å². The number of rotatable bonds is 9. The van der Waals surface area contributed by atoms with Crippen LogP contribution in [0.15, 0.2) is 18.2 Å². The minimum atomic E-state index is -0.132. The third-order valence-electron chi connectivity index (χ3n) is 4.57. The van der Waals surface area contributed by atoms with Crippen molar-refractivity contribution in [1.82, 2.24) is 10.2 Å². The molecular weight excluding hydrogens is 344 g/mol. The van der Waals surface area contributed by atoms with Crippen LogP contribution in [-0.2, 0) is 4.79 Å². The van der Waals surface area contributed by atoms with Gasteiger partial charge in [0.1, 0.15) is 0 Å². The van der Waals surface area contributed by atoms with Crippen molar-refractivity contribution in [2.24, 2.45) is 5.92 Å². The van der Waals surface area contributed by atoms with E-state index in [2.05, 4.69) is 19.2 Å². The summed E-state index contributed by atoms with van der Waals surface area (Å²) in [6, 6.07) is 5.08. The first kappa shape index (κ1) is 21.1. The largest absolute Gasteiger partial charge is 0.490 e. The van der Waals surface area contributed by atoms with E-state index >= 15 is 0 Å². The lowest BCUT2D eigenvalue weighted by molar-refractivity contribution is -0.134. The predicted octanol–water partition coefficient (Wildman–Crippen LogP) is 3.25. The Morgan fingerprint density at radius 3 is 2.52 bits per heavy atom. The molecule has 0 aliphatic carbocycles. The number of ether oxygens (including phenoxy) is 2. The first-order valence-corrected chi connectivity index (χ1v) is 9.97. The highest BCUT2D eigenvalue weighted by Crippen LogP contribution is 2.28. The van der Waals surface area contributed by atoms with Crippen LogP contribution in [-0.4, -0.2) is 49.6 Å². The molecule has 2 amide bonds. The van der Waals surface area contributed by atoms with Gasteiger partial charge in [-0.05, 0) is 56.7 Å². The Hall–Kier alpha value is -2.24. The molecule has 0 unspecified atom stereocenters. The summed E-state index contributed by atoms with van der Waals surface area (Å²) in [4.78, 5) is 26.4. The van der Waals surface area contributed by atoms with E-state index in [1.165, 1.54) is 6.42 Å². The van der Waals surface area contributed by atoms with Crippen LogP contribution in [0.25, 0.3) is 0 Å². The number of piperidine rings is 1. The summed E-state index contributed by atoms with van der Waals surface area (Å²) < 4.78 is 11.3. The number of hydrogen-bond donors (Lipinski definition) is 1. The van der Waals surface area contributed by atoms with Gasteiger partial charge in [-0.1, -0.05) is 13.8 Å². The molecule has 1 N–H and O–H groups in total. The van der Waals surface area contributed by atoms with Crippen LogP contribution in [0.5, 0.6) is 11.5 Å². The van der Waals surface area contributed by atoms with Crippen molar-refractivity contribution in [1.29, 1.82) is 0 Å². The van der Waals surface area contributed by atoms with Gasteiger partial charge in [0, 0.05) is 25.2 Å². The second kappa shape index (κ2) is 10.8. The first-order valence-electron chi connectivity index (χ1n) is 9.97. The topological polar surface area (TPSA) is 67.9 Å². The Morgan fingerprint density at radius 2 is 1.85 bits per heavy atom. The molecule has 0 saturated carbocycles. The number of benzene rings is 1. The number of hydrogen-bond acceptors (Lipinski definition) is 4. The molecule has 1 saturated heterocycles. The van der Waals surface area contributed by atoms with Crippen molar-refractivity contribution in [2.75, 3.05) is 32.8 Å². The molecule has 1 aliphatic heterocycles. The van der Waals surface area contributed by atoms with E-state index in [4.69, 9.17) is 9.47 Å². The van der Waals surface area contributed by atoms with Gasteiger partial charge >= 0.3 is 0 Å². The molecule has 150 valence electrons. The van der Waals surface area contributed by atoms with Crippen LogP contribution < -0.4 is 14.8 Å². The number of carbonyl (C=O) groups is 2. The summed E-state index contributed by atoms with van der Waals surface area (Å²) in [6.07, 6.45) is 4.22. The Labute approximate surface area is 162 Å². The van der Waals surface area contributed by atoms with Gasteiger partial charge in [0.15, 0.2) is 18.1 Å². The van der Waals surface area contributed by atoms with Crippen molar-refractivity contribution < 1.29 is 19.1 Å². The minimum Gasteiger partial charge on any atom is -0.490 e. The van der Waals surface area contributed by atoms with Gasteiger partial charge in [-0.25, -0.2) is 0 Å². The van der Waals surface area contributed by atoms with E-state index in [1.807, 2.05) is 11.8 Å². The molecule has 6 heteroatoms. The number of nitrogens with one attached hydrogen (secondary N) is 1. The lowest BCUT2D eigenvalue weighted by Gasteiger charge is -2.26. The van der Waals surface area contributed by atoms with E-state index in [-0.39, 0.29) is 18.4 Å². The minimum absolute atomic E-state index is 0.00680. The Morgan fingerprint density at radius 1 is 1.11 bits per heavy atom. The van der Waals surface area contributed by atoms with Crippen molar-refractivity contribution in [2.45, 2.75) is 46.5 Å². The molecule has 0 bridgehead atoms. The summed E-state index contributed by atoms with van der Waals surface area (Å²) >= 11 is 0. The Bertz CT molecular complexity index is 625. The van der Waals surface area contributed by atoms with Crippen molar-refractivity contribution >= 4 is 11.8 Å². The molecule has 1 aromatic carbocycles. The third-order valence-corrected chi connectivity index (χ3v) is 4.57. The maximum atomic E-state index is 12.3. The molecule has 1 aliphatic rings. The normalized spacial score (nSPS) is 14.1. The van der Waals surface area contributed by atoms with E-state index in [0.29, 0.717) is 36.1 Å². The molecule has 0 atom stereocenters. The first-order chi connectivity index (χ1) is 13.0. The van der Waals surface area contributed by atoms with Gasteiger partial charge < -0.3 is 19.7 Å². The summed E-state index contributed by atoms with van der Waals surface area (Å²) in [5.74, 6) is 1.37. The molecule has 0 radical (unpaired) electrons. The zero-order valence-corrected chi connectivity index (χ0v) is 16.8. The quantitative estimate of drug-likeness (QED) is 0.718. The van der Waals surface area contributed by atoms with E-state index in [1.54, 1.807) is 18.2 Å². The van der Waals surface area contributed by atoms with Crippen LogP contribution in [0.3, 0.4) is 0 Å². The zero-order valence-electron chi connectivity index (χ0n) is 16.8. The molecule has 27 heavy (non-hydrogen) atoms. The second-order valence-corrected chi connectivity index (χ2v) is 7.26. The molecule has 1 aromatic rings. The number of nitrogens with zero attached hydrogens (tertiary/aromatic N) is 1. The average Bonchev–Trinajstić information content (AvgIpc) is 2.67. The Balaban J connectivity index is 1.97. The van der Waals surface area contributed by atoms with Gasteiger partial charge in [0.2, 0.25) is 0 Å². The highest BCUT2D eigenvalue weighted by atomic mass is 16.5. The molecule has 0 aromatic heterocycles. The summed E-state index contributed by atoms with van der Waals surface area (Å²) in [5.41, 5.74) is 0.525. The lowest BCUT2D eigenvalue weighted by atomic mass is 10.1. The Kier molecular flexibility index (Phi) is 8.43. The van der Waals surface area contributed by atoms with Crippen LogP contribution in [0.1, 0.15) is 56.8 Å². The number of amides is 2. The average molecular weight is 376 g/mol. The van der Waals surface area contributed by atoms with E-state index in [9.17, 15) is 9.59 Å². The van der Waals surface area contributed by atoms with Crippen molar-refractivity contribution in [3.8, 4) is 11.5 Å². The SMILES string of the molecule is CCOc1cc(C(=O)NCCC(C)C)ccc1OCC(=O)N1CCCCC1. The maximum Gasteiger partial charge on any atom is 0.260 e. The molecule has 2 rings (SSSR count). The van der Waals surface area contributed by atoms with Gasteiger partial charge in [-0.2, -0.15) is 0 Å². The van der Waals surface area contributed by atoms with E-state index in [0.717, 1.165) is 32.4 Å². The molecular formula is C21H32N2O4. The van der Waals surface area contributed by atoms with Crippen LogP contribution in [0.2, 0.25) is 0 Å². The van der Waals surface area contributed by atoms with Crippen LogP contribution in [0.4, 0.5) is 0 Å². The fraction of sp³-hybridized carbons (Fsp3) is 0.619. The lowest BCUT2D eigenvalue weighted by Crippen LogP contribution is -2.38. The zero-order chi connectivity index (χ0) is 19.6. The monoisotopic (exact) mass is 376 g/mol. The summed E-state index contributed by atoms with van der Waals surface area (Å²) in [7, 11) is 0. The smallest absolute Gasteiger partial charge is 0.260 e. The highest BCUT2D eigenvalue weighted by Gasteiger charge is 2.18. The van der Waals surface area contributed by atoms with Crippen LogP contribution in [0, 0.1) is 5.92 Å². The van der Waals surface area contributed by atoms with Crippen molar-refractivity contribution in [3.63, 3.8) is 0 Å². The van der Waals surface area contributed by atoms with E-state index < -0.39 is 0 Å². The standard InChI is InChI=1S/C21H32N2O4/c1-4-26-19-14-17(21(25)22-11-10-16(2)3)8-9-18(19)27-15-20(24)23-12-6-5-7-13-23/h8-9,14,16H,4-7,10-13,15H2,1-3H3,(H,22,25). The highest BCUT2D eigenvalue weighted by molar-refractivity contribution is 5.94. The summed E-state index contributed by atoms with van der Waals surface area (Å²) in [5, 5.41) is 2.92. The number of carbonyl (C=O) groups excluding carboxylic acids is 2. The maximum absolute atomic E-state index is 12.3. The summed E-state index contributed by atoms with van der Waals surface area (Å²) in [6.45, 7) is 8.80. The van der Waals surface area contributed by atoms with Gasteiger partial charge in [0.25, 0.3) is 11.8 Å². The molecule has 1 fully saturated rings. The van der Waals surface area contributed by atoms with Gasteiger partial charge in [0.05, 0.1) is 6.61 Å². The second-order valence-electron chi connectivity index (χ2n) is 7.26. The van der Waals surface area contributed by atoms with Gasteiger partial charge in [-0.3, -0.25) is 9.59 Å². The molecule has 0 spiro atoms. The fourth-order valence-corrected chi connectivity index (χ4v) is 2.99. The molecule has 6 nitrogen and oxygen atoms in total. The predicted molar refractivity (Wildman–Crippen MR) is 105 cm³/mol. The third kappa shape index (κ3) is 6.77. The number of likely N-dealkylation sites (tertiary alicyclic amines) is 1.